The molecule has 1 saturated carbocycles. The molecule has 3 heteroatoms. The number of nitrogens with two attached hydrogens (primary N) is 1. The second kappa shape index (κ2) is 4.95. The molecule has 18 heavy (non-hydrogen) atoms. The van der Waals surface area contributed by atoms with Crippen LogP contribution in [0.15, 0.2) is 28.7 Å². The standard InChI is InChI=1S/C15H20BrNO/c16-12-6-4-11(5-7-12)14-13-3-1-2-8-15(13,18)9-10-17-14/h4-7,13-14,17-18H,1-3,8-10H2/p+1/t13-,14+,15-/m1/s1. The molecule has 1 aromatic rings. The van der Waals surface area contributed by atoms with Crippen molar-refractivity contribution in [3.8, 4) is 0 Å². The summed E-state index contributed by atoms with van der Waals surface area (Å²) in [5.74, 6) is 0.432. The molecule has 0 bridgehead atoms. The molecule has 2 fully saturated rings. The van der Waals surface area contributed by atoms with Crippen LogP contribution in [0.25, 0.3) is 0 Å². The lowest BCUT2D eigenvalue weighted by Gasteiger charge is -2.46. The predicted octanol–water partition coefficient (Wildman–Crippen LogP) is 2.38. The topological polar surface area (TPSA) is 36.8 Å². The fourth-order valence-electron chi connectivity index (χ4n) is 3.80. The zero-order chi connectivity index (χ0) is 12.6. The summed E-state index contributed by atoms with van der Waals surface area (Å²) < 4.78 is 1.13. The zero-order valence-electron chi connectivity index (χ0n) is 10.6. The normalized spacial score (nSPS) is 36.1. The van der Waals surface area contributed by atoms with Gasteiger partial charge in [0.1, 0.15) is 6.04 Å². The highest BCUT2D eigenvalue weighted by Gasteiger charge is 2.48. The summed E-state index contributed by atoms with van der Waals surface area (Å²) in [6.45, 7) is 1.05. The average Bonchev–Trinajstić information content (AvgIpc) is 2.38. The Labute approximate surface area is 117 Å². The van der Waals surface area contributed by atoms with Crippen LogP contribution in [0.5, 0.6) is 0 Å². The Morgan fingerprint density at radius 3 is 2.72 bits per heavy atom. The summed E-state index contributed by atoms with van der Waals surface area (Å²) in [5, 5.41) is 13.3. The molecule has 0 aromatic heterocycles. The second-order valence-corrected chi connectivity index (χ2v) is 6.72. The number of hydrogen-bond acceptors (Lipinski definition) is 1. The maximum atomic E-state index is 10.8. The number of piperidine rings is 1. The molecule has 2 nitrogen and oxygen atoms in total. The summed E-state index contributed by atoms with van der Waals surface area (Å²) in [6, 6.07) is 9.06. The quantitative estimate of drug-likeness (QED) is 0.821. The molecule has 1 heterocycles. The van der Waals surface area contributed by atoms with Gasteiger partial charge in [0.25, 0.3) is 0 Å². The van der Waals surface area contributed by atoms with Crippen LogP contribution in [0.2, 0.25) is 0 Å². The van der Waals surface area contributed by atoms with Gasteiger partial charge in [-0.3, -0.25) is 0 Å². The van der Waals surface area contributed by atoms with Crippen LogP contribution >= 0.6 is 15.9 Å². The van der Waals surface area contributed by atoms with E-state index in [1.54, 1.807) is 0 Å². The highest BCUT2D eigenvalue weighted by Crippen LogP contribution is 2.43. The van der Waals surface area contributed by atoms with Crippen LogP contribution < -0.4 is 5.32 Å². The van der Waals surface area contributed by atoms with E-state index in [9.17, 15) is 5.11 Å². The van der Waals surface area contributed by atoms with Gasteiger partial charge in [0.2, 0.25) is 0 Å². The smallest absolute Gasteiger partial charge is 0.117 e. The maximum absolute atomic E-state index is 10.8. The Morgan fingerprint density at radius 2 is 1.94 bits per heavy atom. The molecule has 3 N–H and O–H groups in total. The Morgan fingerprint density at radius 1 is 1.17 bits per heavy atom. The molecule has 0 spiro atoms. The molecule has 0 unspecified atom stereocenters. The summed E-state index contributed by atoms with van der Waals surface area (Å²) in [4.78, 5) is 0. The van der Waals surface area contributed by atoms with E-state index in [1.165, 1.54) is 24.8 Å². The van der Waals surface area contributed by atoms with Crippen LogP contribution in [0.4, 0.5) is 0 Å². The van der Waals surface area contributed by atoms with Crippen molar-refractivity contribution in [2.45, 2.75) is 43.7 Å². The van der Waals surface area contributed by atoms with Crippen molar-refractivity contribution in [3.63, 3.8) is 0 Å². The van der Waals surface area contributed by atoms with E-state index in [0.29, 0.717) is 12.0 Å². The van der Waals surface area contributed by atoms with Gasteiger partial charge in [-0.1, -0.05) is 40.9 Å². The van der Waals surface area contributed by atoms with Gasteiger partial charge in [0, 0.05) is 22.4 Å². The first-order chi connectivity index (χ1) is 8.69. The molecule has 2 aliphatic rings. The van der Waals surface area contributed by atoms with Crippen molar-refractivity contribution in [2.75, 3.05) is 6.54 Å². The van der Waals surface area contributed by atoms with Crippen LogP contribution in [-0.4, -0.2) is 17.3 Å². The molecule has 0 radical (unpaired) electrons. The lowest BCUT2D eigenvalue weighted by molar-refractivity contribution is -0.719. The van der Waals surface area contributed by atoms with E-state index in [-0.39, 0.29) is 0 Å². The number of halogens is 1. The van der Waals surface area contributed by atoms with Crippen LogP contribution in [0, 0.1) is 5.92 Å². The van der Waals surface area contributed by atoms with Gasteiger partial charge in [0.15, 0.2) is 0 Å². The first kappa shape index (κ1) is 12.6. The van der Waals surface area contributed by atoms with E-state index in [0.717, 1.165) is 23.9 Å². The van der Waals surface area contributed by atoms with E-state index in [4.69, 9.17) is 0 Å². The molecule has 1 aromatic carbocycles. The number of quaternary nitrogens is 1. The highest BCUT2D eigenvalue weighted by atomic mass is 79.9. The second-order valence-electron chi connectivity index (χ2n) is 5.81. The number of aliphatic hydroxyl groups is 1. The fraction of sp³-hybridized carbons (Fsp3) is 0.600. The van der Waals surface area contributed by atoms with Gasteiger partial charge in [0.05, 0.1) is 12.1 Å². The lowest BCUT2D eigenvalue weighted by Crippen LogP contribution is -2.91. The molecular weight excluding hydrogens is 290 g/mol. The summed E-state index contributed by atoms with van der Waals surface area (Å²) in [6.07, 6.45) is 5.60. The third kappa shape index (κ3) is 2.24. The molecule has 1 aliphatic heterocycles. The SMILES string of the molecule is O[C@@]12CCCC[C@@H]1[C@H](c1ccc(Br)cc1)[NH2+]CC2. The van der Waals surface area contributed by atoms with Gasteiger partial charge in [-0.05, 0) is 25.0 Å². The average molecular weight is 311 g/mol. The van der Waals surface area contributed by atoms with Crippen molar-refractivity contribution >= 4 is 15.9 Å². The lowest BCUT2D eigenvalue weighted by atomic mass is 9.67. The Hall–Kier alpha value is -0.380. The van der Waals surface area contributed by atoms with E-state index in [1.807, 2.05) is 0 Å². The first-order valence-electron chi connectivity index (χ1n) is 7.00. The Kier molecular flexibility index (Phi) is 3.48. The first-order valence-corrected chi connectivity index (χ1v) is 7.79. The Balaban J connectivity index is 1.88. The van der Waals surface area contributed by atoms with Gasteiger partial charge in [-0.25, -0.2) is 0 Å². The molecule has 98 valence electrons. The minimum Gasteiger partial charge on any atom is -0.389 e. The van der Waals surface area contributed by atoms with Crippen LogP contribution in [0.1, 0.15) is 43.7 Å². The van der Waals surface area contributed by atoms with Crippen molar-refractivity contribution < 1.29 is 10.4 Å². The third-order valence-electron chi connectivity index (χ3n) is 4.75. The minimum absolute atomic E-state index is 0.398. The predicted molar refractivity (Wildman–Crippen MR) is 75.2 cm³/mol. The minimum atomic E-state index is -0.398. The highest BCUT2D eigenvalue weighted by molar-refractivity contribution is 9.10. The van der Waals surface area contributed by atoms with Gasteiger partial charge >= 0.3 is 0 Å². The summed E-state index contributed by atoms with van der Waals surface area (Å²) in [7, 11) is 0. The van der Waals surface area contributed by atoms with Gasteiger partial charge in [-0.2, -0.15) is 0 Å². The molecule has 0 amide bonds. The van der Waals surface area contributed by atoms with Crippen molar-refractivity contribution in [2.24, 2.45) is 5.92 Å². The van der Waals surface area contributed by atoms with E-state index in [2.05, 4.69) is 45.5 Å². The van der Waals surface area contributed by atoms with Crippen LogP contribution in [0.3, 0.4) is 0 Å². The van der Waals surface area contributed by atoms with Crippen molar-refractivity contribution in [3.05, 3.63) is 34.3 Å². The number of fused-ring (bicyclic) bond motifs is 1. The largest absolute Gasteiger partial charge is 0.389 e. The molecule has 3 rings (SSSR count). The number of benzene rings is 1. The van der Waals surface area contributed by atoms with Crippen molar-refractivity contribution in [1.82, 2.24) is 0 Å². The van der Waals surface area contributed by atoms with Gasteiger partial charge < -0.3 is 10.4 Å². The number of rotatable bonds is 1. The third-order valence-corrected chi connectivity index (χ3v) is 5.28. The van der Waals surface area contributed by atoms with E-state index >= 15 is 0 Å². The summed E-state index contributed by atoms with van der Waals surface area (Å²) >= 11 is 3.49. The number of hydrogen-bond donors (Lipinski definition) is 2. The molecule has 1 saturated heterocycles. The summed E-state index contributed by atoms with van der Waals surface area (Å²) in [5.41, 5.74) is 0.966. The molecular formula is C15H21BrNO+. The zero-order valence-corrected chi connectivity index (χ0v) is 12.2. The van der Waals surface area contributed by atoms with Crippen molar-refractivity contribution in [1.29, 1.82) is 0 Å². The van der Waals surface area contributed by atoms with Gasteiger partial charge in [-0.15, -0.1) is 0 Å². The van der Waals surface area contributed by atoms with Crippen LogP contribution in [-0.2, 0) is 0 Å². The molecule has 3 atom stereocenters. The fourth-order valence-corrected chi connectivity index (χ4v) is 4.07. The van der Waals surface area contributed by atoms with E-state index < -0.39 is 5.60 Å². The molecule has 1 aliphatic carbocycles. The Bertz CT molecular complexity index is 415. The monoisotopic (exact) mass is 310 g/mol. The maximum Gasteiger partial charge on any atom is 0.117 e.